The highest BCUT2D eigenvalue weighted by Gasteiger charge is 2.10. The normalized spacial score (nSPS) is 10.1. The van der Waals surface area contributed by atoms with Crippen LogP contribution in [0, 0.1) is 12.7 Å². The molecule has 18 heavy (non-hydrogen) atoms. The van der Waals surface area contributed by atoms with E-state index in [1.165, 1.54) is 18.3 Å². The molecule has 2 rings (SSSR count). The third kappa shape index (κ3) is 2.60. The molecule has 92 valence electrons. The van der Waals surface area contributed by atoms with Gasteiger partial charge in [-0.05, 0) is 36.8 Å². The van der Waals surface area contributed by atoms with Crippen LogP contribution in [0.25, 0.3) is 0 Å². The van der Waals surface area contributed by atoms with E-state index in [1.807, 2.05) is 0 Å². The van der Waals surface area contributed by atoms with E-state index in [1.54, 1.807) is 19.1 Å². The highest BCUT2D eigenvalue weighted by atomic mass is 32.1. The van der Waals surface area contributed by atoms with Gasteiger partial charge >= 0.3 is 0 Å². The summed E-state index contributed by atoms with van der Waals surface area (Å²) < 4.78 is 18.6. The number of nitrogens with two attached hydrogens (primary N) is 1. The summed E-state index contributed by atoms with van der Waals surface area (Å²) in [7, 11) is 0. The largest absolute Gasteiger partial charge is 0.437 e. The smallest absolute Gasteiger partial charge is 0.249 e. The number of aryl methyl sites for hydroxylation is 1. The number of halogens is 1. The van der Waals surface area contributed by atoms with Crippen molar-refractivity contribution in [2.24, 2.45) is 5.73 Å². The van der Waals surface area contributed by atoms with Crippen molar-refractivity contribution in [2.75, 3.05) is 0 Å². The maximum absolute atomic E-state index is 13.1. The number of rotatable bonds is 3. The van der Waals surface area contributed by atoms with Gasteiger partial charge in [-0.2, -0.15) is 5.10 Å². The number of aromatic nitrogens is 2. The topological polar surface area (TPSA) is 61.0 Å². The lowest BCUT2D eigenvalue weighted by Gasteiger charge is -2.08. The SMILES string of the molecule is Cc1cc(Oc2nnccc2C(N)=S)ccc1F. The van der Waals surface area contributed by atoms with Gasteiger partial charge in [0, 0.05) is 0 Å². The molecule has 2 aromatic rings. The Kier molecular flexibility index (Phi) is 3.47. The van der Waals surface area contributed by atoms with Crippen LogP contribution in [-0.4, -0.2) is 15.2 Å². The fraction of sp³-hybridized carbons (Fsp3) is 0.0833. The van der Waals surface area contributed by atoms with Gasteiger partial charge in [-0.3, -0.25) is 0 Å². The number of hydrogen-bond donors (Lipinski definition) is 1. The summed E-state index contributed by atoms with van der Waals surface area (Å²) in [4.78, 5) is 0.165. The van der Waals surface area contributed by atoms with Crippen molar-refractivity contribution < 1.29 is 9.13 Å². The second-order valence-corrected chi connectivity index (χ2v) is 4.07. The number of nitrogens with zero attached hydrogens (tertiary/aromatic N) is 2. The van der Waals surface area contributed by atoms with E-state index in [0.717, 1.165) is 0 Å². The molecule has 0 saturated heterocycles. The Morgan fingerprint density at radius 2 is 2.17 bits per heavy atom. The van der Waals surface area contributed by atoms with Crippen LogP contribution in [0.1, 0.15) is 11.1 Å². The number of ether oxygens (including phenoxy) is 1. The lowest BCUT2D eigenvalue weighted by atomic mass is 10.2. The minimum Gasteiger partial charge on any atom is -0.437 e. The average Bonchev–Trinajstić information content (AvgIpc) is 2.34. The van der Waals surface area contributed by atoms with E-state index in [9.17, 15) is 4.39 Å². The predicted molar refractivity (Wildman–Crippen MR) is 69.1 cm³/mol. The van der Waals surface area contributed by atoms with Crippen LogP contribution < -0.4 is 10.5 Å². The van der Waals surface area contributed by atoms with Crippen LogP contribution in [-0.2, 0) is 0 Å². The van der Waals surface area contributed by atoms with Gasteiger partial charge in [-0.25, -0.2) is 4.39 Å². The number of benzene rings is 1. The van der Waals surface area contributed by atoms with Crippen LogP contribution in [0.3, 0.4) is 0 Å². The quantitative estimate of drug-likeness (QED) is 0.861. The van der Waals surface area contributed by atoms with Crippen molar-refractivity contribution >= 4 is 17.2 Å². The van der Waals surface area contributed by atoms with Crippen LogP contribution in [0.15, 0.2) is 30.5 Å². The average molecular weight is 263 g/mol. The fourth-order valence-electron chi connectivity index (χ4n) is 1.37. The van der Waals surface area contributed by atoms with Crippen molar-refractivity contribution in [3.63, 3.8) is 0 Å². The molecule has 0 amide bonds. The number of thiocarbonyl (C=S) groups is 1. The molecule has 1 aromatic carbocycles. The van der Waals surface area contributed by atoms with E-state index in [4.69, 9.17) is 22.7 Å². The molecule has 0 radical (unpaired) electrons. The molecule has 0 aliphatic heterocycles. The molecule has 1 heterocycles. The fourth-order valence-corrected chi connectivity index (χ4v) is 1.53. The first-order valence-electron chi connectivity index (χ1n) is 5.13. The first-order chi connectivity index (χ1) is 8.58. The van der Waals surface area contributed by atoms with Gasteiger partial charge in [0.15, 0.2) is 0 Å². The van der Waals surface area contributed by atoms with Crippen LogP contribution >= 0.6 is 12.2 Å². The Morgan fingerprint density at radius 1 is 1.39 bits per heavy atom. The second-order valence-electron chi connectivity index (χ2n) is 3.63. The molecular weight excluding hydrogens is 253 g/mol. The lowest BCUT2D eigenvalue weighted by Crippen LogP contribution is -2.12. The minimum absolute atomic E-state index is 0.165. The standard InChI is InChI=1S/C12H10FN3OS/c1-7-6-8(2-3-10(7)13)17-12-9(11(14)18)4-5-15-16-12/h2-6H,1H3,(H2,14,18). The highest BCUT2D eigenvalue weighted by molar-refractivity contribution is 7.80. The van der Waals surface area contributed by atoms with Crippen LogP contribution in [0.5, 0.6) is 11.6 Å². The van der Waals surface area contributed by atoms with E-state index >= 15 is 0 Å². The highest BCUT2D eigenvalue weighted by Crippen LogP contribution is 2.24. The van der Waals surface area contributed by atoms with Crippen molar-refractivity contribution in [1.82, 2.24) is 10.2 Å². The van der Waals surface area contributed by atoms with E-state index in [-0.39, 0.29) is 16.7 Å². The zero-order valence-corrected chi connectivity index (χ0v) is 10.4. The Hall–Kier alpha value is -2.08. The van der Waals surface area contributed by atoms with Gasteiger partial charge in [0.25, 0.3) is 0 Å². The molecule has 4 nitrogen and oxygen atoms in total. The van der Waals surface area contributed by atoms with Gasteiger partial charge in [0.05, 0.1) is 11.8 Å². The van der Waals surface area contributed by atoms with Crippen molar-refractivity contribution in [1.29, 1.82) is 0 Å². The molecule has 6 heteroatoms. The molecule has 1 aromatic heterocycles. The predicted octanol–water partition coefficient (Wildman–Crippen LogP) is 2.35. The van der Waals surface area contributed by atoms with Crippen molar-refractivity contribution in [3.05, 3.63) is 47.4 Å². The van der Waals surface area contributed by atoms with Crippen LogP contribution in [0.4, 0.5) is 4.39 Å². The van der Waals surface area contributed by atoms with Gasteiger partial charge < -0.3 is 10.5 Å². The summed E-state index contributed by atoms with van der Waals surface area (Å²) in [6.07, 6.45) is 1.47. The Morgan fingerprint density at radius 3 is 2.83 bits per heavy atom. The second kappa shape index (κ2) is 5.05. The summed E-state index contributed by atoms with van der Waals surface area (Å²) in [5.74, 6) is 0.360. The molecule has 0 fully saturated rings. The third-order valence-corrected chi connectivity index (χ3v) is 2.52. The van der Waals surface area contributed by atoms with Gasteiger partial charge in [-0.15, -0.1) is 5.10 Å². The molecular formula is C12H10FN3OS. The molecule has 0 aliphatic carbocycles. The Bertz CT molecular complexity index is 604. The Labute approximate surface area is 109 Å². The molecule has 0 unspecified atom stereocenters. The van der Waals surface area contributed by atoms with Gasteiger partial charge in [0.1, 0.15) is 16.6 Å². The summed E-state index contributed by atoms with van der Waals surface area (Å²) in [6.45, 7) is 1.65. The zero-order chi connectivity index (χ0) is 13.1. The monoisotopic (exact) mass is 263 g/mol. The molecule has 0 atom stereocenters. The molecule has 2 N–H and O–H groups in total. The van der Waals surface area contributed by atoms with E-state index < -0.39 is 0 Å². The summed E-state index contributed by atoms with van der Waals surface area (Å²) in [6, 6.07) is 6.00. The lowest BCUT2D eigenvalue weighted by molar-refractivity contribution is 0.452. The molecule has 0 aliphatic rings. The zero-order valence-electron chi connectivity index (χ0n) is 9.55. The minimum atomic E-state index is -0.295. The first-order valence-corrected chi connectivity index (χ1v) is 5.54. The van der Waals surface area contributed by atoms with E-state index in [0.29, 0.717) is 16.9 Å². The summed E-state index contributed by atoms with van der Waals surface area (Å²) in [5.41, 5.74) is 6.51. The van der Waals surface area contributed by atoms with Crippen molar-refractivity contribution in [3.8, 4) is 11.6 Å². The van der Waals surface area contributed by atoms with Gasteiger partial charge in [0.2, 0.25) is 5.88 Å². The maximum atomic E-state index is 13.1. The van der Waals surface area contributed by atoms with E-state index in [2.05, 4.69) is 10.2 Å². The first kappa shape index (κ1) is 12.4. The summed E-state index contributed by atoms with van der Waals surface area (Å²) in [5, 5.41) is 7.51. The van der Waals surface area contributed by atoms with Crippen LogP contribution in [0.2, 0.25) is 0 Å². The third-order valence-electron chi connectivity index (χ3n) is 2.30. The summed E-state index contributed by atoms with van der Waals surface area (Å²) >= 11 is 4.88. The molecule has 0 spiro atoms. The maximum Gasteiger partial charge on any atom is 0.249 e. The van der Waals surface area contributed by atoms with Gasteiger partial charge in [-0.1, -0.05) is 12.2 Å². The number of hydrogen-bond acceptors (Lipinski definition) is 4. The van der Waals surface area contributed by atoms with Crippen molar-refractivity contribution in [2.45, 2.75) is 6.92 Å². The molecule has 0 saturated carbocycles. The Balaban J connectivity index is 2.34. The molecule has 0 bridgehead atoms.